The lowest BCUT2D eigenvalue weighted by Crippen LogP contribution is -2.38. The second-order valence-corrected chi connectivity index (χ2v) is 6.24. The molecule has 0 radical (unpaired) electrons. The Kier molecular flexibility index (Phi) is 6.91. The number of nitrogens with zero attached hydrogens (tertiary/aromatic N) is 3. The van der Waals surface area contributed by atoms with E-state index in [1.807, 2.05) is 25.5 Å². The van der Waals surface area contributed by atoms with Crippen molar-refractivity contribution in [1.82, 2.24) is 20.2 Å². The topological polar surface area (TPSA) is 54.2 Å². The molecule has 0 aliphatic carbocycles. The van der Waals surface area contributed by atoms with Crippen LogP contribution < -0.4 is 10.6 Å². The average Bonchev–Trinajstić information content (AvgIpc) is 2.96. The highest BCUT2D eigenvalue weighted by atomic mass is 15.2. The molecule has 1 heterocycles. The molecule has 0 saturated carbocycles. The Bertz CT molecular complexity index is 615. The van der Waals surface area contributed by atoms with Gasteiger partial charge in [-0.25, -0.2) is 4.98 Å². The fourth-order valence-electron chi connectivity index (χ4n) is 2.58. The van der Waals surface area contributed by atoms with E-state index in [-0.39, 0.29) is 0 Å². The summed E-state index contributed by atoms with van der Waals surface area (Å²) in [6.07, 6.45) is 5.38. The van der Waals surface area contributed by atoms with Crippen LogP contribution in [0.25, 0.3) is 11.0 Å². The summed E-state index contributed by atoms with van der Waals surface area (Å²) in [6, 6.07) is 8.25. The van der Waals surface area contributed by atoms with E-state index in [1.165, 1.54) is 18.4 Å². The summed E-state index contributed by atoms with van der Waals surface area (Å²) in [7, 11) is 1.82. The molecule has 0 unspecified atom stereocenters. The third-order valence-corrected chi connectivity index (χ3v) is 3.87. The van der Waals surface area contributed by atoms with Crippen LogP contribution in [0.5, 0.6) is 0 Å². The number of rotatable bonds is 8. The predicted octanol–water partition coefficient (Wildman–Crippen LogP) is 3.03. The third kappa shape index (κ3) is 5.58. The van der Waals surface area contributed by atoms with Crippen LogP contribution in [-0.4, -0.2) is 35.6 Å². The zero-order valence-electron chi connectivity index (χ0n) is 14.5. The molecule has 2 aromatic rings. The fraction of sp³-hybridized carbons (Fsp3) is 0.556. The molecule has 5 nitrogen and oxygen atoms in total. The summed E-state index contributed by atoms with van der Waals surface area (Å²) in [5, 5.41) is 6.74. The minimum Gasteiger partial charge on any atom is -0.356 e. The molecule has 0 spiro atoms. The van der Waals surface area contributed by atoms with E-state index in [2.05, 4.69) is 51.2 Å². The van der Waals surface area contributed by atoms with Gasteiger partial charge in [0.25, 0.3) is 0 Å². The average molecular weight is 315 g/mol. The summed E-state index contributed by atoms with van der Waals surface area (Å²) in [5.74, 6) is 1.65. The van der Waals surface area contributed by atoms with Crippen molar-refractivity contribution < 1.29 is 0 Å². The van der Waals surface area contributed by atoms with Gasteiger partial charge in [0.05, 0.1) is 17.4 Å². The Morgan fingerprint density at radius 2 is 1.91 bits per heavy atom. The van der Waals surface area contributed by atoms with Crippen LogP contribution in [0.15, 0.2) is 35.6 Å². The van der Waals surface area contributed by atoms with E-state index in [1.54, 1.807) is 0 Å². The molecule has 1 aromatic heterocycles. The lowest BCUT2D eigenvalue weighted by Gasteiger charge is -2.12. The van der Waals surface area contributed by atoms with Crippen molar-refractivity contribution in [2.24, 2.45) is 10.9 Å². The zero-order valence-corrected chi connectivity index (χ0v) is 14.5. The van der Waals surface area contributed by atoms with Crippen LogP contribution in [0.2, 0.25) is 0 Å². The monoisotopic (exact) mass is 315 g/mol. The van der Waals surface area contributed by atoms with Crippen molar-refractivity contribution in [2.75, 3.05) is 20.1 Å². The highest BCUT2D eigenvalue weighted by Gasteiger charge is 2.02. The maximum absolute atomic E-state index is 4.42. The molecule has 126 valence electrons. The number of aryl methyl sites for hydroxylation is 1. The van der Waals surface area contributed by atoms with Crippen LogP contribution in [0, 0.1) is 5.92 Å². The van der Waals surface area contributed by atoms with Gasteiger partial charge in [-0.1, -0.05) is 26.0 Å². The summed E-state index contributed by atoms with van der Waals surface area (Å²) >= 11 is 0. The first-order valence-electron chi connectivity index (χ1n) is 8.55. The molecular formula is C18H29N5. The Balaban J connectivity index is 1.67. The standard InChI is InChI=1S/C18H29N5/c1-15(2)8-6-11-20-18(19-3)21-12-7-13-23-14-22-16-9-4-5-10-17(16)23/h4-5,9-10,14-15H,6-8,11-13H2,1-3H3,(H2,19,20,21). The van der Waals surface area contributed by atoms with E-state index in [9.17, 15) is 0 Å². The van der Waals surface area contributed by atoms with Gasteiger partial charge in [0.1, 0.15) is 0 Å². The Morgan fingerprint density at radius 3 is 2.65 bits per heavy atom. The fourth-order valence-corrected chi connectivity index (χ4v) is 2.58. The molecule has 5 heteroatoms. The highest BCUT2D eigenvalue weighted by Crippen LogP contribution is 2.11. The van der Waals surface area contributed by atoms with E-state index in [4.69, 9.17) is 0 Å². The van der Waals surface area contributed by atoms with Crippen LogP contribution >= 0.6 is 0 Å². The summed E-state index contributed by atoms with van der Waals surface area (Å²) in [6.45, 7) is 7.35. The predicted molar refractivity (Wildman–Crippen MR) is 97.8 cm³/mol. The van der Waals surface area contributed by atoms with Crippen molar-refractivity contribution in [2.45, 2.75) is 39.7 Å². The first-order valence-corrected chi connectivity index (χ1v) is 8.55. The van der Waals surface area contributed by atoms with Crippen molar-refractivity contribution in [3.63, 3.8) is 0 Å². The summed E-state index contributed by atoms with van der Waals surface area (Å²) in [5.41, 5.74) is 2.26. The Labute approximate surface area is 139 Å². The van der Waals surface area contributed by atoms with Crippen molar-refractivity contribution in [1.29, 1.82) is 0 Å². The third-order valence-electron chi connectivity index (χ3n) is 3.87. The number of hydrogen-bond donors (Lipinski definition) is 2. The van der Waals surface area contributed by atoms with Gasteiger partial charge in [0.15, 0.2) is 5.96 Å². The van der Waals surface area contributed by atoms with Gasteiger partial charge in [-0.3, -0.25) is 4.99 Å². The number of fused-ring (bicyclic) bond motifs is 1. The maximum Gasteiger partial charge on any atom is 0.190 e. The molecule has 0 fully saturated rings. The first-order chi connectivity index (χ1) is 11.2. The highest BCUT2D eigenvalue weighted by molar-refractivity contribution is 5.79. The maximum atomic E-state index is 4.42. The lowest BCUT2D eigenvalue weighted by molar-refractivity contribution is 0.548. The molecule has 23 heavy (non-hydrogen) atoms. The second kappa shape index (κ2) is 9.18. The zero-order chi connectivity index (χ0) is 16.5. The summed E-state index contributed by atoms with van der Waals surface area (Å²) < 4.78 is 2.20. The Morgan fingerprint density at radius 1 is 1.17 bits per heavy atom. The van der Waals surface area contributed by atoms with Crippen molar-refractivity contribution in [3.8, 4) is 0 Å². The molecule has 0 atom stereocenters. The molecule has 1 aromatic carbocycles. The minimum atomic E-state index is 0.761. The van der Waals surface area contributed by atoms with Gasteiger partial charge in [-0.2, -0.15) is 0 Å². The number of imidazole rings is 1. The number of nitrogens with one attached hydrogen (secondary N) is 2. The van der Waals surface area contributed by atoms with Gasteiger partial charge < -0.3 is 15.2 Å². The Hall–Kier alpha value is -2.04. The molecular weight excluding hydrogens is 286 g/mol. The molecule has 0 saturated heterocycles. The number of guanidine groups is 1. The number of aromatic nitrogens is 2. The van der Waals surface area contributed by atoms with Gasteiger partial charge in [0, 0.05) is 26.7 Å². The number of aliphatic imine (C=N–C) groups is 1. The van der Waals surface area contributed by atoms with Crippen LogP contribution in [0.4, 0.5) is 0 Å². The molecule has 0 amide bonds. The van der Waals surface area contributed by atoms with Gasteiger partial charge in [0.2, 0.25) is 0 Å². The second-order valence-electron chi connectivity index (χ2n) is 6.24. The van der Waals surface area contributed by atoms with Gasteiger partial charge in [-0.05, 0) is 37.3 Å². The van der Waals surface area contributed by atoms with E-state index in [0.717, 1.165) is 43.4 Å². The van der Waals surface area contributed by atoms with E-state index in [0.29, 0.717) is 0 Å². The first kappa shape index (κ1) is 17.3. The van der Waals surface area contributed by atoms with Crippen LogP contribution in [-0.2, 0) is 6.54 Å². The van der Waals surface area contributed by atoms with Gasteiger partial charge >= 0.3 is 0 Å². The normalized spacial score (nSPS) is 12.1. The SMILES string of the molecule is CN=C(NCCCC(C)C)NCCCn1cnc2ccccc21. The number of para-hydroxylation sites is 2. The van der Waals surface area contributed by atoms with Crippen LogP contribution in [0.1, 0.15) is 33.1 Å². The van der Waals surface area contributed by atoms with Gasteiger partial charge in [-0.15, -0.1) is 0 Å². The number of hydrogen-bond acceptors (Lipinski definition) is 2. The lowest BCUT2D eigenvalue weighted by atomic mass is 10.1. The largest absolute Gasteiger partial charge is 0.356 e. The van der Waals surface area contributed by atoms with Crippen molar-refractivity contribution in [3.05, 3.63) is 30.6 Å². The molecule has 0 bridgehead atoms. The molecule has 0 aliphatic rings. The molecule has 0 aliphatic heterocycles. The quantitative estimate of drug-likeness (QED) is 0.447. The van der Waals surface area contributed by atoms with Crippen LogP contribution in [0.3, 0.4) is 0 Å². The molecule has 2 N–H and O–H groups in total. The summed E-state index contributed by atoms with van der Waals surface area (Å²) in [4.78, 5) is 8.68. The smallest absolute Gasteiger partial charge is 0.190 e. The van der Waals surface area contributed by atoms with Crippen molar-refractivity contribution >= 4 is 17.0 Å². The number of benzene rings is 1. The van der Waals surface area contributed by atoms with E-state index < -0.39 is 0 Å². The molecule has 2 rings (SSSR count). The minimum absolute atomic E-state index is 0.761. The van der Waals surface area contributed by atoms with E-state index >= 15 is 0 Å².